The van der Waals surface area contributed by atoms with Gasteiger partial charge in [0.2, 0.25) is 5.43 Å². The Kier molecular flexibility index (Phi) is 2.75. The fraction of sp³-hybridized carbons (Fsp3) is 0. The Morgan fingerprint density at radius 2 is 1.65 bits per heavy atom. The van der Waals surface area contributed by atoms with Crippen LogP contribution in [-0.2, 0) is 0 Å². The molecule has 0 saturated carbocycles. The van der Waals surface area contributed by atoms with Crippen LogP contribution < -0.4 is 5.43 Å². The number of benzene rings is 2. The number of halogens is 2. The first-order chi connectivity index (χ1) is 9.58. The van der Waals surface area contributed by atoms with Gasteiger partial charge in [0.1, 0.15) is 0 Å². The minimum atomic E-state index is -1.13. The standard InChI is InChI=1S/C15H9F2NO2/c16-10-6-9-12(7-11(10)17)18-13(15(20)14(9)19)8-4-2-1-3-5-8/h1-7,20H,(H,18,19). The molecule has 0 bridgehead atoms. The highest BCUT2D eigenvalue weighted by molar-refractivity contribution is 5.84. The quantitative estimate of drug-likeness (QED) is 0.715. The van der Waals surface area contributed by atoms with Crippen molar-refractivity contribution in [1.29, 1.82) is 0 Å². The summed E-state index contributed by atoms with van der Waals surface area (Å²) in [7, 11) is 0. The second kappa shape index (κ2) is 4.45. The van der Waals surface area contributed by atoms with Gasteiger partial charge in [0.05, 0.1) is 16.6 Å². The molecule has 20 heavy (non-hydrogen) atoms. The first-order valence-electron chi connectivity index (χ1n) is 5.87. The van der Waals surface area contributed by atoms with Gasteiger partial charge in [-0.1, -0.05) is 30.3 Å². The normalized spacial score (nSPS) is 10.9. The van der Waals surface area contributed by atoms with Gasteiger partial charge in [-0.15, -0.1) is 0 Å². The second-order valence-electron chi connectivity index (χ2n) is 4.36. The third-order valence-electron chi connectivity index (χ3n) is 3.08. The first-order valence-corrected chi connectivity index (χ1v) is 5.87. The van der Waals surface area contributed by atoms with E-state index in [1.807, 2.05) is 0 Å². The molecule has 2 N–H and O–H groups in total. The highest BCUT2D eigenvalue weighted by atomic mass is 19.2. The van der Waals surface area contributed by atoms with E-state index in [1.54, 1.807) is 30.3 Å². The van der Waals surface area contributed by atoms with Crippen LogP contribution in [0.2, 0.25) is 0 Å². The van der Waals surface area contributed by atoms with Crippen molar-refractivity contribution in [2.75, 3.05) is 0 Å². The number of hydrogen-bond donors (Lipinski definition) is 2. The van der Waals surface area contributed by atoms with Crippen molar-refractivity contribution in [3.05, 3.63) is 64.3 Å². The fourth-order valence-electron chi connectivity index (χ4n) is 2.09. The Balaban J connectivity index is 2.39. The minimum Gasteiger partial charge on any atom is -0.503 e. The summed E-state index contributed by atoms with van der Waals surface area (Å²) in [5, 5.41) is 9.85. The molecule has 3 rings (SSSR count). The van der Waals surface area contributed by atoms with Crippen molar-refractivity contribution in [3.63, 3.8) is 0 Å². The van der Waals surface area contributed by atoms with Gasteiger partial charge in [-0.05, 0) is 6.07 Å². The molecular weight excluding hydrogens is 264 g/mol. The van der Waals surface area contributed by atoms with E-state index in [0.717, 1.165) is 12.1 Å². The van der Waals surface area contributed by atoms with Gasteiger partial charge in [0.15, 0.2) is 17.4 Å². The van der Waals surface area contributed by atoms with Crippen LogP contribution in [0.5, 0.6) is 5.75 Å². The highest BCUT2D eigenvalue weighted by Crippen LogP contribution is 2.27. The molecule has 3 aromatic rings. The lowest BCUT2D eigenvalue weighted by Crippen LogP contribution is -2.06. The van der Waals surface area contributed by atoms with Gasteiger partial charge >= 0.3 is 0 Å². The maximum atomic E-state index is 13.3. The largest absolute Gasteiger partial charge is 0.503 e. The zero-order valence-electron chi connectivity index (χ0n) is 10.2. The molecular formula is C15H9F2NO2. The summed E-state index contributed by atoms with van der Waals surface area (Å²) < 4.78 is 26.4. The molecule has 0 radical (unpaired) electrons. The highest BCUT2D eigenvalue weighted by Gasteiger charge is 2.14. The number of H-pyrrole nitrogens is 1. The minimum absolute atomic E-state index is 0.0962. The molecule has 2 aromatic carbocycles. The van der Waals surface area contributed by atoms with E-state index in [-0.39, 0.29) is 16.6 Å². The smallest absolute Gasteiger partial charge is 0.231 e. The number of nitrogens with one attached hydrogen (secondary N) is 1. The van der Waals surface area contributed by atoms with Crippen LogP contribution in [0.15, 0.2) is 47.3 Å². The van der Waals surface area contributed by atoms with E-state index >= 15 is 0 Å². The monoisotopic (exact) mass is 273 g/mol. The van der Waals surface area contributed by atoms with Crippen LogP contribution in [0.25, 0.3) is 22.2 Å². The van der Waals surface area contributed by atoms with Crippen molar-refractivity contribution >= 4 is 10.9 Å². The summed E-state index contributed by atoms with van der Waals surface area (Å²) in [4.78, 5) is 14.8. The van der Waals surface area contributed by atoms with E-state index in [1.165, 1.54) is 0 Å². The second-order valence-corrected chi connectivity index (χ2v) is 4.36. The molecule has 0 spiro atoms. The van der Waals surface area contributed by atoms with Gasteiger partial charge in [0.25, 0.3) is 0 Å². The molecule has 0 amide bonds. The third kappa shape index (κ3) is 1.84. The lowest BCUT2D eigenvalue weighted by atomic mass is 10.1. The molecule has 0 aliphatic rings. The van der Waals surface area contributed by atoms with Gasteiger partial charge < -0.3 is 10.1 Å². The van der Waals surface area contributed by atoms with Crippen LogP contribution >= 0.6 is 0 Å². The molecule has 0 atom stereocenters. The van der Waals surface area contributed by atoms with Crippen LogP contribution in [-0.4, -0.2) is 10.1 Å². The molecule has 0 aliphatic carbocycles. The van der Waals surface area contributed by atoms with Crippen LogP contribution in [0.3, 0.4) is 0 Å². The van der Waals surface area contributed by atoms with Crippen molar-refractivity contribution in [2.24, 2.45) is 0 Å². The summed E-state index contributed by atoms with van der Waals surface area (Å²) in [6.45, 7) is 0. The van der Waals surface area contributed by atoms with E-state index in [4.69, 9.17) is 0 Å². The Labute approximate surface area is 112 Å². The topological polar surface area (TPSA) is 53.1 Å². The molecule has 5 heteroatoms. The molecule has 0 saturated heterocycles. The van der Waals surface area contributed by atoms with E-state index < -0.39 is 22.8 Å². The predicted molar refractivity (Wildman–Crippen MR) is 71.6 cm³/mol. The van der Waals surface area contributed by atoms with Crippen molar-refractivity contribution < 1.29 is 13.9 Å². The Morgan fingerprint density at radius 3 is 2.35 bits per heavy atom. The van der Waals surface area contributed by atoms with E-state index in [2.05, 4.69) is 4.98 Å². The zero-order chi connectivity index (χ0) is 14.3. The number of rotatable bonds is 1. The molecule has 1 heterocycles. The average Bonchev–Trinajstić information content (AvgIpc) is 2.46. The number of aromatic hydroxyl groups is 1. The maximum Gasteiger partial charge on any atom is 0.231 e. The van der Waals surface area contributed by atoms with Gasteiger partial charge in [0, 0.05) is 11.6 Å². The van der Waals surface area contributed by atoms with Crippen molar-refractivity contribution in [1.82, 2.24) is 4.98 Å². The Hall–Kier alpha value is -2.69. The van der Waals surface area contributed by atoms with Gasteiger partial charge in [-0.3, -0.25) is 4.79 Å². The SMILES string of the molecule is O=c1c(O)c(-c2ccccc2)[nH]c2cc(F)c(F)cc12. The van der Waals surface area contributed by atoms with Crippen LogP contribution in [0, 0.1) is 11.6 Å². The lowest BCUT2D eigenvalue weighted by molar-refractivity contribution is 0.471. The van der Waals surface area contributed by atoms with Crippen molar-refractivity contribution in [3.8, 4) is 17.0 Å². The number of aromatic amines is 1. The zero-order valence-corrected chi connectivity index (χ0v) is 10.2. The Morgan fingerprint density at radius 1 is 1.00 bits per heavy atom. The van der Waals surface area contributed by atoms with Crippen LogP contribution in [0.4, 0.5) is 8.78 Å². The summed E-state index contributed by atoms with van der Waals surface area (Å²) in [5.41, 5.74) is 0.143. The van der Waals surface area contributed by atoms with E-state index in [9.17, 15) is 18.7 Å². The number of pyridine rings is 1. The van der Waals surface area contributed by atoms with Crippen LogP contribution in [0.1, 0.15) is 0 Å². The molecule has 0 unspecified atom stereocenters. The van der Waals surface area contributed by atoms with E-state index in [0.29, 0.717) is 5.56 Å². The number of hydrogen-bond acceptors (Lipinski definition) is 2. The number of fused-ring (bicyclic) bond motifs is 1. The summed E-state index contributed by atoms with van der Waals surface area (Å²) in [6, 6.07) is 10.3. The van der Waals surface area contributed by atoms with Crippen molar-refractivity contribution in [2.45, 2.75) is 0 Å². The molecule has 100 valence electrons. The fourth-order valence-corrected chi connectivity index (χ4v) is 2.09. The van der Waals surface area contributed by atoms with Gasteiger partial charge in [-0.25, -0.2) is 8.78 Å². The first kappa shape index (κ1) is 12.3. The summed E-state index contributed by atoms with van der Waals surface area (Å²) >= 11 is 0. The Bertz CT molecular complexity index is 857. The predicted octanol–water partition coefficient (Wildman–Crippen LogP) is 3.18. The average molecular weight is 273 g/mol. The lowest BCUT2D eigenvalue weighted by Gasteiger charge is -2.07. The molecule has 1 aromatic heterocycles. The number of aromatic nitrogens is 1. The summed E-state index contributed by atoms with van der Waals surface area (Å²) in [5.74, 6) is -2.71. The third-order valence-corrected chi connectivity index (χ3v) is 3.08. The molecule has 0 aliphatic heterocycles. The summed E-state index contributed by atoms with van der Waals surface area (Å²) in [6.07, 6.45) is 0. The maximum absolute atomic E-state index is 13.3. The van der Waals surface area contributed by atoms with Gasteiger partial charge in [-0.2, -0.15) is 0 Å². The molecule has 0 fully saturated rings. The molecule has 3 nitrogen and oxygen atoms in total.